The highest BCUT2D eigenvalue weighted by molar-refractivity contribution is 7.22. The van der Waals surface area contributed by atoms with Crippen molar-refractivity contribution in [3.8, 4) is 28.1 Å². The number of nitrogens with one attached hydrogen (secondary N) is 2. The van der Waals surface area contributed by atoms with Crippen molar-refractivity contribution in [2.45, 2.75) is 18.9 Å². The van der Waals surface area contributed by atoms with E-state index in [1.165, 1.54) is 6.42 Å². The lowest BCUT2D eigenvalue weighted by molar-refractivity contribution is 0.361. The van der Waals surface area contributed by atoms with Crippen LogP contribution in [0, 0.1) is 5.92 Å². The van der Waals surface area contributed by atoms with E-state index in [0.29, 0.717) is 28.9 Å². The standard InChI is InChI=1S/C21H21N7OS/c29-18-7-12(14-10-23-24-11-14)1-2-15(18)16-8-19-20(27-26-16)25-21(30-19)28-6-4-13-9-22-5-3-17(13)28/h1-2,7-8,10-11,13,17,22,29H,3-6,9H2,(H,23,24)/t13-,17+/m0/s1. The Morgan fingerprint density at radius 2 is 2.10 bits per heavy atom. The molecule has 0 aliphatic carbocycles. The summed E-state index contributed by atoms with van der Waals surface area (Å²) in [4.78, 5) is 7.22. The molecule has 0 amide bonds. The molecule has 2 aliphatic heterocycles. The van der Waals surface area contributed by atoms with Gasteiger partial charge in [-0.15, -0.1) is 10.2 Å². The molecule has 0 radical (unpaired) electrons. The highest BCUT2D eigenvalue weighted by Gasteiger charge is 2.37. The van der Waals surface area contributed by atoms with Gasteiger partial charge in [0.1, 0.15) is 5.75 Å². The molecule has 2 saturated heterocycles. The topological polar surface area (TPSA) is 103 Å². The van der Waals surface area contributed by atoms with Crippen molar-refractivity contribution in [3.63, 3.8) is 0 Å². The molecule has 4 aromatic rings. The van der Waals surface area contributed by atoms with E-state index in [-0.39, 0.29) is 5.75 Å². The number of rotatable bonds is 3. The highest BCUT2D eigenvalue weighted by atomic mass is 32.1. The minimum absolute atomic E-state index is 0.171. The Bertz CT molecular complexity index is 1210. The summed E-state index contributed by atoms with van der Waals surface area (Å²) in [5.74, 6) is 0.877. The lowest BCUT2D eigenvalue weighted by atomic mass is 9.94. The quantitative estimate of drug-likeness (QED) is 0.469. The molecular formula is C21H21N7OS. The molecule has 2 atom stereocenters. The van der Waals surface area contributed by atoms with Crippen molar-refractivity contribution in [2.75, 3.05) is 24.5 Å². The number of phenolic OH excluding ortho intramolecular Hbond substituents is 1. The number of anilines is 1. The number of H-pyrrole nitrogens is 1. The maximum Gasteiger partial charge on any atom is 0.194 e. The smallest absolute Gasteiger partial charge is 0.194 e. The fraction of sp³-hybridized carbons (Fsp3) is 0.333. The Morgan fingerprint density at radius 1 is 1.13 bits per heavy atom. The van der Waals surface area contributed by atoms with Gasteiger partial charge in [-0.2, -0.15) is 10.1 Å². The van der Waals surface area contributed by atoms with E-state index in [4.69, 9.17) is 4.98 Å². The summed E-state index contributed by atoms with van der Waals surface area (Å²) in [6, 6.07) is 8.09. The summed E-state index contributed by atoms with van der Waals surface area (Å²) in [5, 5.41) is 30.6. The second kappa shape index (κ2) is 7.03. The number of hydrogen-bond acceptors (Lipinski definition) is 8. The maximum absolute atomic E-state index is 10.6. The molecule has 5 heterocycles. The first-order chi connectivity index (χ1) is 14.8. The van der Waals surface area contributed by atoms with Gasteiger partial charge in [-0.05, 0) is 55.6 Å². The van der Waals surface area contributed by atoms with Gasteiger partial charge in [0.15, 0.2) is 10.8 Å². The van der Waals surface area contributed by atoms with Crippen molar-refractivity contribution >= 4 is 26.8 Å². The maximum atomic E-state index is 10.6. The van der Waals surface area contributed by atoms with Gasteiger partial charge in [0.05, 0.1) is 16.6 Å². The van der Waals surface area contributed by atoms with E-state index in [2.05, 4.69) is 30.6 Å². The number of benzene rings is 1. The second-order valence-electron chi connectivity index (χ2n) is 7.94. The minimum atomic E-state index is 0.171. The van der Waals surface area contributed by atoms with Crippen LogP contribution in [0.4, 0.5) is 5.13 Å². The number of nitrogens with zero attached hydrogens (tertiary/aromatic N) is 5. The van der Waals surface area contributed by atoms with Crippen LogP contribution in [-0.2, 0) is 0 Å². The molecule has 9 heteroatoms. The summed E-state index contributed by atoms with van der Waals surface area (Å²) in [6.45, 7) is 3.22. The van der Waals surface area contributed by atoms with Gasteiger partial charge in [-0.25, -0.2) is 0 Å². The fourth-order valence-electron chi connectivity index (χ4n) is 4.65. The van der Waals surface area contributed by atoms with Crippen LogP contribution in [0.25, 0.3) is 32.7 Å². The lowest BCUT2D eigenvalue weighted by Crippen LogP contribution is -2.43. The molecule has 3 N–H and O–H groups in total. The first-order valence-corrected chi connectivity index (χ1v) is 11.0. The second-order valence-corrected chi connectivity index (χ2v) is 8.94. The van der Waals surface area contributed by atoms with Gasteiger partial charge < -0.3 is 15.3 Å². The van der Waals surface area contributed by atoms with Crippen molar-refractivity contribution in [2.24, 2.45) is 5.92 Å². The van der Waals surface area contributed by atoms with Crippen LogP contribution in [0.2, 0.25) is 0 Å². The van der Waals surface area contributed by atoms with Crippen LogP contribution in [0.5, 0.6) is 5.75 Å². The molecule has 1 aromatic carbocycles. The van der Waals surface area contributed by atoms with E-state index in [9.17, 15) is 5.11 Å². The monoisotopic (exact) mass is 419 g/mol. The normalized spacial score (nSPS) is 21.3. The number of phenols is 1. The van der Waals surface area contributed by atoms with Gasteiger partial charge in [0.2, 0.25) is 0 Å². The Kier molecular flexibility index (Phi) is 4.17. The zero-order valence-electron chi connectivity index (χ0n) is 16.2. The van der Waals surface area contributed by atoms with Crippen molar-refractivity contribution in [3.05, 3.63) is 36.7 Å². The number of thiazole rings is 1. The van der Waals surface area contributed by atoms with Crippen LogP contribution < -0.4 is 10.2 Å². The number of aromatic hydroxyl groups is 1. The number of piperidine rings is 1. The molecule has 30 heavy (non-hydrogen) atoms. The van der Waals surface area contributed by atoms with Crippen molar-refractivity contribution < 1.29 is 5.11 Å². The van der Waals surface area contributed by atoms with Gasteiger partial charge >= 0.3 is 0 Å². The van der Waals surface area contributed by atoms with Crippen LogP contribution in [0.3, 0.4) is 0 Å². The van der Waals surface area contributed by atoms with Crippen molar-refractivity contribution in [1.82, 2.24) is 30.7 Å². The van der Waals surface area contributed by atoms with E-state index >= 15 is 0 Å². The third kappa shape index (κ3) is 2.93. The summed E-state index contributed by atoms with van der Waals surface area (Å²) in [5.41, 5.74) is 3.80. The van der Waals surface area contributed by atoms with Crippen LogP contribution in [0.1, 0.15) is 12.8 Å². The molecule has 0 bridgehead atoms. The fourth-order valence-corrected chi connectivity index (χ4v) is 5.67. The lowest BCUT2D eigenvalue weighted by Gasteiger charge is -2.31. The molecule has 2 fully saturated rings. The average Bonchev–Trinajstić information content (AvgIpc) is 3.51. The minimum Gasteiger partial charge on any atom is -0.507 e. The first-order valence-electron chi connectivity index (χ1n) is 10.2. The van der Waals surface area contributed by atoms with Crippen LogP contribution in [0.15, 0.2) is 36.7 Å². The molecule has 2 aliphatic rings. The van der Waals surface area contributed by atoms with E-state index in [1.807, 2.05) is 18.2 Å². The molecule has 0 saturated carbocycles. The Labute approximate surface area is 177 Å². The number of hydrogen-bond donors (Lipinski definition) is 3. The third-order valence-corrected chi connectivity index (χ3v) is 7.23. The largest absolute Gasteiger partial charge is 0.507 e. The van der Waals surface area contributed by atoms with Crippen LogP contribution in [-0.4, -0.2) is 56.2 Å². The number of aromatic amines is 1. The molecule has 0 spiro atoms. The zero-order chi connectivity index (χ0) is 20.1. The van der Waals surface area contributed by atoms with Gasteiger partial charge in [0.25, 0.3) is 0 Å². The predicted molar refractivity (Wildman–Crippen MR) is 117 cm³/mol. The van der Waals surface area contributed by atoms with E-state index < -0.39 is 0 Å². The SMILES string of the molecule is Oc1cc(-c2cn[nH]c2)ccc1-c1cc2sc(N3CC[C@H]4CNCC[C@H]43)nc2nn1. The molecule has 152 valence electrons. The predicted octanol–water partition coefficient (Wildman–Crippen LogP) is 3.04. The van der Waals surface area contributed by atoms with E-state index in [1.54, 1.807) is 29.8 Å². The third-order valence-electron chi connectivity index (χ3n) is 6.20. The van der Waals surface area contributed by atoms with Gasteiger partial charge in [-0.1, -0.05) is 17.4 Å². The van der Waals surface area contributed by atoms with Gasteiger partial charge in [0, 0.05) is 29.9 Å². The molecule has 0 unspecified atom stereocenters. The Morgan fingerprint density at radius 3 is 2.97 bits per heavy atom. The summed E-state index contributed by atoms with van der Waals surface area (Å²) >= 11 is 1.66. The van der Waals surface area contributed by atoms with E-state index in [0.717, 1.165) is 47.0 Å². The Hall–Kier alpha value is -3.04. The van der Waals surface area contributed by atoms with Gasteiger partial charge in [-0.3, -0.25) is 5.10 Å². The average molecular weight is 420 g/mol. The highest BCUT2D eigenvalue weighted by Crippen LogP contribution is 2.38. The molecule has 6 rings (SSSR count). The summed E-state index contributed by atoms with van der Waals surface area (Å²) in [7, 11) is 0. The molecule has 8 nitrogen and oxygen atoms in total. The summed E-state index contributed by atoms with van der Waals surface area (Å²) < 4.78 is 0.991. The van der Waals surface area contributed by atoms with Crippen molar-refractivity contribution in [1.29, 1.82) is 0 Å². The summed E-state index contributed by atoms with van der Waals surface area (Å²) in [6.07, 6.45) is 5.89. The molecular weight excluding hydrogens is 398 g/mol. The number of fused-ring (bicyclic) bond motifs is 2. The first kappa shape index (κ1) is 17.8. The van der Waals surface area contributed by atoms with Crippen LogP contribution >= 0.6 is 11.3 Å². The zero-order valence-corrected chi connectivity index (χ0v) is 17.1. The number of aromatic nitrogens is 5. The Balaban J connectivity index is 1.33. The molecule has 3 aromatic heterocycles.